The van der Waals surface area contributed by atoms with Crippen LogP contribution in [-0.2, 0) is 0 Å². The third-order valence-corrected chi connectivity index (χ3v) is 2.90. The van der Waals surface area contributed by atoms with Crippen molar-refractivity contribution in [3.8, 4) is 5.69 Å². The van der Waals surface area contributed by atoms with Gasteiger partial charge in [-0.15, -0.1) is 0 Å². The normalized spacial score (nSPS) is 10.7. The molecule has 0 saturated carbocycles. The molecular weight excluding hydrogens is 278 g/mol. The lowest BCUT2D eigenvalue weighted by Crippen LogP contribution is -2.18. The fourth-order valence-corrected chi connectivity index (χ4v) is 1.85. The van der Waals surface area contributed by atoms with Gasteiger partial charge in [-0.25, -0.2) is 10.1 Å². The van der Waals surface area contributed by atoms with Crippen LogP contribution in [-0.4, -0.2) is 26.9 Å². The number of carbonyl (C=O) groups is 1. The first kappa shape index (κ1) is 13.7. The zero-order valence-electron chi connectivity index (χ0n) is 11.6. The summed E-state index contributed by atoms with van der Waals surface area (Å²) in [5, 5.41) is 8.15. The molecule has 0 saturated heterocycles. The molecule has 1 aromatic carbocycles. The van der Waals surface area contributed by atoms with Crippen LogP contribution in [0.5, 0.6) is 0 Å². The quantitative estimate of drug-likeness (QED) is 0.590. The Morgan fingerprint density at radius 2 is 1.95 bits per heavy atom. The molecule has 0 spiro atoms. The van der Waals surface area contributed by atoms with Gasteiger partial charge in [-0.2, -0.15) is 10.2 Å². The number of hydrazone groups is 1. The van der Waals surface area contributed by atoms with Gasteiger partial charge in [0.25, 0.3) is 5.91 Å². The molecule has 108 valence electrons. The van der Waals surface area contributed by atoms with E-state index in [1.54, 1.807) is 35.3 Å². The number of rotatable bonds is 4. The summed E-state index contributed by atoms with van der Waals surface area (Å²) >= 11 is 0. The van der Waals surface area contributed by atoms with Crippen LogP contribution in [0.3, 0.4) is 0 Å². The molecule has 0 aliphatic rings. The minimum atomic E-state index is -0.354. The highest BCUT2D eigenvalue weighted by Gasteiger charge is 2.03. The molecule has 22 heavy (non-hydrogen) atoms. The molecule has 0 atom stereocenters. The average molecular weight is 291 g/mol. The summed E-state index contributed by atoms with van der Waals surface area (Å²) < 4.78 is 1.74. The van der Waals surface area contributed by atoms with E-state index in [0.29, 0.717) is 5.69 Å². The first-order chi connectivity index (χ1) is 10.8. The second-order valence-corrected chi connectivity index (χ2v) is 4.47. The average Bonchev–Trinajstić information content (AvgIpc) is 3.05. The smallest absolute Gasteiger partial charge is 0.266 e. The van der Waals surface area contributed by atoms with Crippen LogP contribution in [0, 0.1) is 0 Å². The molecule has 1 amide bonds. The van der Waals surface area contributed by atoms with Crippen molar-refractivity contribution < 1.29 is 4.79 Å². The third-order valence-electron chi connectivity index (χ3n) is 2.90. The van der Waals surface area contributed by atoms with Gasteiger partial charge in [0, 0.05) is 18.0 Å². The van der Waals surface area contributed by atoms with Crippen molar-refractivity contribution in [2.24, 2.45) is 5.10 Å². The van der Waals surface area contributed by atoms with E-state index < -0.39 is 0 Å². The summed E-state index contributed by atoms with van der Waals surface area (Å²) in [6, 6.07) is 14.9. The zero-order valence-corrected chi connectivity index (χ0v) is 11.6. The molecule has 3 rings (SSSR count). The number of para-hydroxylation sites is 1. The van der Waals surface area contributed by atoms with Crippen LogP contribution in [0.4, 0.5) is 0 Å². The maximum atomic E-state index is 11.8. The Kier molecular flexibility index (Phi) is 4.01. The number of carbonyl (C=O) groups excluding carboxylic acids is 1. The van der Waals surface area contributed by atoms with Crippen molar-refractivity contribution in [1.29, 1.82) is 0 Å². The maximum Gasteiger partial charge on any atom is 0.289 e. The van der Waals surface area contributed by atoms with Gasteiger partial charge >= 0.3 is 0 Å². The number of benzene rings is 1. The minimum Gasteiger partial charge on any atom is -0.266 e. The number of hydrogen-bond acceptors (Lipinski definition) is 4. The molecule has 2 aromatic heterocycles. The van der Waals surface area contributed by atoms with E-state index in [1.807, 2.05) is 36.5 Å². The molecule has 0 radical (unpaired) electrons. The van der Waals surface area contributed by atoms with E-state index in [-0.39, 0.29) is 5.91 Å². The van der Waals surface area contributed by atoms with Gasteiger partial charge in [0.1, 0.15) is 5.69 Å². The van der Waals surface area contributed by atoms with E-state index in [9.17, 15) is 4.79 Å². The number of amides is 1. The Labute approximate surface area is 127 Å². The Morgan fingerprint density at radius 3 is 2.73 bits per heavy atom. The largest absolute Gasteiger partial charge is 0.289 e. The molecule has 3 aromatic rings. The number of pyridine rings is 1. The molecule has 6 nitrogen and oxygen atoms in total. The Balaban J connectivity index is 1.64. The Bertz CT molecular complexity index is 781. The van der Waals surface area contributed by atoms with Crippen molar-refractivity contribution in [2.75, 3.05) is 0 Å². The summed E-state index contributed by atoms with van der Waals surface area (Å²) in [4.78, 5) is 15.7. The topological polar surface area (TPSA) is 72.2 Å². The molecule has 0 aliphatic heterocycles. The molecule has 0 unspecified atom stereocenters. The third kappa shape index (κ3) is 3.24. The summed E-state index contributed by atoms with van der Waals surface area (Å²) in [6.45, 7) is 0. The Hall–Kier alpha value is -3.28. The van der Waals surface area contributed by atoms with E-state index in [1.165, 1.54) is 6.21 Å². The summed E-state index contributed by atoms with van der Waals surface area (Å²) in [7, 11) is 0. The van der Waals surface area contributed by atoms with E-state index in [2.05, 4.69) is 20.6 Å². The monoisotopic (exact) mass is 291 g/mol. The highest BCUT2D eigenvalue weighted by molar-refractivity contribution is 5.92. The molecule has 0 bridgehead atoms. The van der Waals surface area contributed by atoms with Crippen LogP contribution in [0.15, 0.2) is 72.2 Å². The number of hydrogen-bond donors (Lipinski definition) is 1. The molecule has 1 N–H and O–H groups in total. The second kappa shape index (κ2) is 6.45. The number of aromatic nitrogens is 3. The van der Waals surface area contributed by atoms with Crippen molar-refractivity contribution in [3.05, 3.63) is 78.4 Å². The van der Waals surface area contributed by atoms with Crippen molar-refractivity contribution >= 4 is 12.1 Å². The molecular formula is C16H13N5O. The maximum absolute atomic E-state index is 11.8. The van der Waals surface area contributed by atoms with E-state index >= 15 is 0 Å². The number of nitrogens with one attached hydrogen (secondary N) is 1. The van der Waals surface area contributed by atoms with Crippen LogP contribution in [0.1, 0.15) is 16.1 Å². The second-order valence-electron chi connectivity index (χ2n) is 4.47. The lowest BCUT2D eigenvalue weighted by Gasteiger charge is -1.98. The highest BCUT2D eigenvalue weighted by Crippen LogP contribution is 2.06. The van der Waals surface area contributed by atoms with Gasteiger partial charge in [0.2, 0.25) is 0 Å². The first-order valence-corrected chi connectivity index (χ1v) is 6.67. The molecule has 6 heteroatoms. The SMILES string of the molecule is O=C(N/N=C\c1cnn(-c2ccccc2)c1)c1ccccn1. The summed E-state index contributed by atoms with van der Waals surface area (Å²) in [6.07, 6.45) is 6.59. The lowest BCUT2D eigenvalue weighted by molar-refractivity contribution is 0.0950. The van der Waals surface area contributed by atoms with Gasteiger partial charge in [-0.3, -0.25) is 9.78 Å². The predicted molar refractivity (Wildman–Crippen MR) is 82.9 cm³/mol. The van der Waals surface area contributed by atoms with Gasteiger partial charge in [-0.1, -0.05) is 24.3 Å². The van der Waals surface area contributed by atoms with Gasteiger partial charge in [-0.05, 0) is 24.3 Å². The van der Waals surface area contributed by atoms with Crippen LogP contribution in [0.2, 0.25) is 0 Å². The summed E-state index contributed by atoms with van der Waals surface area (Å²) in [5.41, 5.74) is 4.49. The lowest BCUT2D eigenvalue weighted by atomic mass is 10.3. The molecule has 0 fully saturated rings. The predicted octanol–water partition coefficient (Wildman–Crippen LogP) is 2.03. The van der Waals surface area contributed by atoms with Gasteiger partial charge in [0.05, 0.1) is 18.1 Å². The standard InChI is InChI=1S/C16H13N5O/c22-16(15-8-4-5-9-17-15)20-18-10-13-11-19-21(12-13)14-6-2-1-3-7-14/h1-12H,(H,20,22)/b18-10-. The van der Waals surface area contributed by atoms with Crippen LogP contribution >= 0.6 is 0 Å². The molecule has 0 aliphatic carbocycles. The minimum absolute atomic E-state index is 0.319. The fourth-order valence-electron chi connectivity index (χ4n) is 1.85. The van der Waals surface area contributed by atoms with Crippen LogP contribution < -0.4 is 5.43 Å². The van der Waals surface area contributed by atoms with Crippen molar-refractivity contribution in [1.82, 2.24) is 20.2 Å². The van der Waals surface area contributed by atoms with Gasteiger partial charge in [0.15, 0.2) is 0 Å². The van der Waals surface area contributed by atoms with Gasteiger partial charge < -0.3 is 0 Å². The molecule has 2 heterocycles. The highest BCUT2D eigenvalue weighted by atomic mass is 16.2. The zero-order chi connectivity index (χ0) is 15.2. The van der Waals surface area contributed by atoms with E-state index in [4.69, 9.17) is 0 Å². The van der Waals surface area contributed by atoms with Crippen molar-refractivity contribution in [3.63, 3.8) is 0 Å². The first-order valence-electron chi connectivity index (χ1n) is 6.67. The van der Waals surface area contributed by atoms with Crippen molar-refractivity contribution in [2.45, 2.75) is 0 Å². The van der Waals surface area contributed by atoms with E-state index in [0.717, 1.165) is 11.3 Å². The summed E-state index contributed by atoms with van der Waals surface area (Å²) in [5.74, 6) is -0.354. The fraction of sp³-hybridized carbons (Fsp3) is 0. The van der Waals surface area contributed by atoms with Crippen LogP contribution in [0.25, 0.3) is 5.69 Å². The Morgan fingerprint density at radius 1 is 1.14 bits per heavy atom. The number of nitrogens with zero attached hydrogens (tertiary/aromatic N) is 4.